The van der Waals surface area contributed by atoms with Crippen LogP contribution in [0.25, 0.3) is 5.69 Å². The van der Waals surface area contributed by atoms with E-state index < -0.39 is 5.82 Å². The number of ether oxygens (including phenoxy) is 2. The van der Waals surface area contributed by atoms with E-state index in [1.165, 1.54) is 42.1 Å². The maximum absolute atomic E-state index is 14.7. The quantitative estimate of drug-likeness (QED) is 0.147. The molecular formula is C26H23F2N3O3S. The van der Waals surface area contributed by atoms with Crippen molar-refractivity contribution in [3.8, 4) is 17.2 Å². The minimum absolute atomic E-state index is 0.0604. The van der Waals surface area contributed by atoms with Gasteiger partial charge in [0.25, 0.3) is 0 Å². The number of halogens is 2. The predicted octanol–water partition coefficient (Wildman–Crippen LogP) is 5.89. The van der Waals surface area contributed by atoms with E-state index in [0.29, 0.717) is 52.3 Å². The van der Waals surface area contributed by atoms with Crippen LogP contribution in [0.4, 0.5) is 8.78 Å². The van der Waals surface area contributed by atoms with Crippen LogP contribution >= 0.6 is 11.8 Å². The van der Waals surface area contributed by atoms with Crippen molar-refractivity contribution in [1.82, 2.24) is 14.8 Å². The molecule has 0 radical (unpaired) electrons. The number of methoxy groups -OCH3 is 1. The van der Waals surface area contributed by atoms with E-state index in [-0.39, 0.29) is 18.2 Å². The number of hydrogen-bond donors (Lipinski definition) is 0. The van der Waals surface area contributed by atoms with Gasteiger partial charge in [-0.2, -0.15) is 0 Å². The van der Waals surface area contributed by atoms with E-state index in [0.717, 1.165) is 0 Å². The number of Topliss-reactive ketones (excluding diaryl/α,β-unsaturated/α-hetero) is 1. The maximum atomic E-state index is 14.7. The third-order valence-corrected chi connectivity index (χ3v) is 6.18. The van der Waals surface area contributed by atoms with Crippen molar-refractivity contribution in [2.45, 2.75) is 24.6 Å². The van der Waals surface area contributed by atoms with Crippen LogP contribution < -0.4 is 9.47 Å². The summed E-state index contributed by atoms with van der Waals surface area (Å²) < 4.78 is 40.3. The molecule has 0 spiro atoms. The van der Waals surface area contributed by atoms with Crippen molar-refractivity contribution < 1.29 is 23.0 Å². The standard InChI is InChI=1S/C26H23F2N3O3S/c1-33-20-12-14-21(15-13-20)34-17-25-29-30-26(31(25)23-6-3-2-5-22(23)28)35-16-4-7-24(32)18-8-10-19(27)11-9-18/h2-3,5-6,8-15H,4,7,16-17H2,1H3. The Hall–Kier alpha value is -3.72. The Kier molecular flexibility index (Phi) is 8.10. The molecule has 1 aromatic heterocycles. The lowest BCUT2D eigenvalue weighted by molar-refractivity contribution is 0.0982. The highest BCUT2D eigenvalue weighted by molar-refractivity contribution is 7.99. The molecule has 0 bridgehead atoms. The van der Waals surface area contributed by atoms with Gasteiger partial charge in [-0.05, 0) is 67.1 Å². The van der Waals surface area contributed by atoms with E-state index >= 15 is 0 Å². The summed E-state index contributed by atoms with van der Waals surface area (Å²) in [4.78, 5) is 12.3. The van der Waals surface area contributed by atoms with Gasteiger partial charge in [0, 0.05) is 17.7 Å². The topological polar surface area (TPSA) is 66.2 Å². The Morgan fingerprint density at radius 1 is 0.943 bits per heavy atom. The molecule has 4 aromatic rings. The average molecular weight is 496 g/mol. The van der Waals surface area contributed by atoms with Crippen molar-refractivity contribution in [3.05, 3.63) is 95.8 Å². The number of ketones is 1. The van der Waals surface area contributed by atoms with Crippen molar-refractivity contribution in [2.75, 3.05) is 12.9 Å². The number of hydrogen-bond acceptors (Lipinski definition) is 6. The van der Waals surface area contributed by atoms with Gasteiger partial charge in [-0.15, -0.1) is 10.2 Å². The van der Waals surface area contributed by atoms with Crippen molar-refractivity contribution in [1.29, 1.82) is 0 Å². The van der Waals surface area contributed by atoms with Crippen LogP contribution in [0, 0.1) is 11.6 Å². The molecule has 0 fully saturated rings. The zero-order chi connectivity index (χ0) is 24.6. The number of carbonyl (C=O) groups excluding carboxylic acids is 1. The van der Waals surface area contributed by atoms with Crippen molar-refractivity contribution in [3.63, 3.8) is 0 Å². The second-order valence-corrected chi connectivity index (χ2v) is 8.59. The molecule has 4 rings (SSSR count). The summed E-state index contributed by atoms with van der Waals surface area (Å²) in [7, 11) is 1.59. The third kappa shape index (κ3) is 6.24. The number of nitrogens with zero attached hydrogens (tertiary/aromatic N) is 3. The average Bonchev–Trinajstić information content (AvgIpc) is 3.28. The third-order valence-electron chi connectivity index (χ3n) is 5.17. The fourth-order valence-corrected chi connectivity index (χ4v) is 4.26. The summed E-state index contributed by atoms with van der Waals surface area (Å²) in [6.07, 6.45) is 0.878. The summed E-state index contributed by atoms with van der Waals surface area (Å²) in [5, 5.41) is 8.96. The van der Waals surface area contributed by atoms with Crippen LogP contribution in [0.1, 0.15) is 29.0 Å². The number of aromatic nitrogens is 3. The van der Waals surface area contributed by atoms with Crippen LogP contribution in [0.15, 0.2) is 78.0 Å². The van der Waals surface area contributed by atoms with Gasteiger partial charge in [-0.1, -0.05) is 23.9 Å². The highest BCUT2D eigenvalue weighted by Gasteiger charge is 2.18. The Morgan fingerprint density at radius 2 is 1.66 bits per heavy atom. The first-order chi connectivity index (χ1) is 17.0. The molecule has 0 aliphatic carbocycles. The summed E-state index contributed by atoms with van der Waals surface area (Å²) in [6.45, 7) is 0.0806. The first-order valence-corrected chi connectivity index (χ1v) is 11.9. The second-order valence-electron chi connectivity index (χ2n) is 7.53. The number of thioether (sulfide) groups is 1. The van der Waals surface area contributed by atoms with Crippen LogP contribution in [0.2, 0.25) is 0 Å². The smallest absolute Gasteiger partial charge is 0.196 e. The first kappa shape index (κ1) is 24.4. The molecule has 0 N–H and O–H groups in total. The molecule has 3 aromatic carbocycles. The molecule has 1 heterocycles. The SMILES string of the molecule is COc1ccc(OCc2nnc(SCCCC(=O)c3ccc(F)cc3)n2-c2ccccc2F)cc1. The molecular weight excluding hydrogens is 472 g/mol. The number of para-hydroxylation sites is 1. The Labute approximate surface area is 205 Å². The van der Waals surface area contributed by atoms with Gasteiger partial charge in [-0.25, -0.2) is 8.78 Å². The minimum Gasteiger partial charge on any atom is -0.497 e. The Balaban J connectivity index is 1.44. The van der Waals surface area contributed by atoms with Gasteiger partial charge in [-0.3, -0.25) is 9.36 Å². The molecule has 0 saturated heterocycles. The molecule has 6 nitrogen and oxygen atoms in total. The van der Waals surface area contributed by atoms with Crippen molar-refractivity contribution in [2.24, 2.45) is 0 Å². The lowest BCUT2D eigenvalue weighted by Gasteiger charge is -2.12. The summed E-state index contributed by atoms with van der Waals surface area (Å²) in [5.74, 6) is 1.48. The Morgan fingerprint density at radius 3 is 2.37 bits per heavy atom. The largest absolute Gasteiger partial charge is 0.497 e. The molecule has 35 heavy (non-hydrogen) atoms. The lowest BCUT2D eigenvalue weighted by Crippen LogP contribution is -2.08. The van der Waals surface area contributed by atoms with Crippen molar-refractivity contribution >= 4 is 17.5 Å². The maximum Gasteiger partial charge on any atom is 0.196 e. The normalized spacial score (nSPS) is 10.8. The number of rotatable bonds is 11. The van der Waals surface area contributed by atoms with Gasteiger partial charge in [0.1, 0.15) is 29.7 Å². The molecule has 180 valence electrons. The van der Waals surface area contributed by atoms with E-state index in [1.54, 1.807) is 54.1 Å². The van der Waals surface area contributed by atoms with E-state index in [2.05, 4.69) is 10.2 Å². The monoisotopic (exact) mass is 495 g/mol. The first-order valence-electron chi connectivity index (χ1n) is 10.9. The number of benzene rings is 3. The van der Waals surface area contributed by atoms with E-state index in [9.17, 15) is 13.6 Å². The minimum atomic E-state index is -0.411. The van der Waals surface area contributed by atoms with Crippen LogP contribution in [0.5, 0.6) is 11.5 Å². The molecule has 0 atom stereocenters. The molecule has 0 unspecified atom stereocenters. The molecule has 9 heteroatoms. The van der Waals surface area contributed by atoms with Gasteiger partial charge in [0.05, 0.1) is 12.8 Å². The summed E-state index contributed by atoms with van der Waals surface area (Å²) in [6, 6.07) is 19.0. The predicted molar refractivity (Wildman–Crippen MR) is 129 cm³/mol. The fraction of sp³-hybridized carbons (Fsp3) is 0.192. The highest BCUT2D eigenvalue weighted by Crippen LogP contribution is 2.26. The van der Waals surface area contributed by atoms with Crippen LogP contribution in [0.3, 0.4) is 0 Å². The van der Waals surface area contributed by atoms with Gasteiger partial charge >= 0.3 is 0 Å². The summed E-state index contributed by atoms with van der Waals surface area (Å²) >= 11 is 1.38. The van der Waals surface area contributed by atoms with Gasteiger partial charge < -0.3 is 9.47 Å². The van der Waals surface area contributed by atoms with E-state index in [1.807, 2.05) is 0 Å². The molecule has 0 aliphatic rings. The van der Waals surface area contributed by atoms with Crippen LogP contribution in [-0.2, 0) is 6.61 Å². The molecule has 0 amide bonds. The Bertz CT molecular complexity index is 1280. The fourth-order valence-electron chi connectivity index (χ4n) is 3.36. The highest BCUT2D eigenvalue weighted by atomic mass is 32.2. The zero-order valence-corrected chi connectivity index (χ0v) is 19.8. The molecule has 0 aliphatic heterocycles. The summed E-state index contributed by atoms with van der Waals surface area (Å²) in [5.41, 5.74) is 0.791. The zero-order valence-electron chi connectivity index (χ0n) is 19.0. The van der Waals surface area contributed by atoms with Gasteiger partial charge in [0.15, 0.2) is 16.8 Å². The second kappa shape index (κ2) is 11.6. The molecule has 0 saturated carbocycles. The van der Waals surface area contributed by atoms with E-state index in [4.69, 9.17) is 9.47 Å². The number of carbonyl (C=O) groups is 1. The van der Waals surface area contributed by atoms with Gasteiger partial charge in [0.2, 0.25) is 0 Å². The van der Waals surface area contributed by atoms with Crippen LogP contribution in [-0.4, -0.2) is 33.4 Å². The lowest BCUT2D eigenvalue weighted by atomic mass is 10.1.